The maximum atomic E-state index is 11.9. The van der Waals surface area contributed by atoms with Gasteiger partial charge in [0.2, 0.25) is 0 Å². The molecule has 3 nitrogen and oxygen atoms in total. The highest BCUT2D eigenvalue weighted by Crippen LogP contribution is 2.17. The molecule has 0 heterocycles. The molecule has 0 aromatic heterocycles. The highest BCUT2D eigenvalue weighted by Gasteiger charge is 2.18. The van der Waals surface area contributed by atoms with Gasteiger partial charge in [-0.25, -0.2) is 0 Å². The smallest absolute Gasteiger partial charge is 0.195 e. The fraction of sp³-hybridized carbons (Fsp3) is 0.240. The van der Waals surface area contributed by atoms with Gasteiger partial charge in [-0.1, -0.05) is 105 Å². The molecular weight excluding hydrogens is 348 g/mol. The van der Waals surface area contributed by atoms with E-state index in [0.29, 0.717) is 17.0 Å². The molecule has 0 saturated heterocycles. The largest absolute Gasteiger partial charge is 0.380 e. The molecular formula is C25H28O3. The van der Waals surface area contributed by atoms with E-state index < -0.39 is 6.10 Å². The van der Waals surface area contributed by atoms with Gasteiger partial charge in [-0.2, -0.15) is 0 Å². The maximum Gasteiger partial charge on any atom is 0.195 e. The Kier molecular flexibility index (Phi) is 9.13. The molecule has 0 fully saturated rings. The monoisotopic (exact) mass is 376 g/mol. The number of rotatable bonds is 7. The van der Waals surface area contributed by atoms with E-state index in [1.54, 1.807) is 48.5 Å². The van der Waals surface area contributed by atoms with Crippen molar-refractivity contribution in [2.24, 2.45) is 5.92 Å². The van der Waals surface area contributed by atoms with E-state index in [-0.39, 0.29) is 5.78 Å². The molecule has 3 aromatic carbocycles. The molecule has 0 aliphatic heterocycles. The molecule has 28 heavy (non-hydrogen) atoms. The van der Waals surface area contributed by atoms with E-state index in [2.05, 4.69) is 26.0 Å². The summed E-state index contributed by atoms with van der Waals surface area (Å²) >= 11 is 0. The molecule has 3 heteroatoms. The van der Waals surface area contributed by atoms with Crippen molar-refractivity contribution in [1.82, 2.24) is 0 Å². The number of Topliss-reactive ketones (excluding diaryl/α,β-unsaturated/α-hetero) is 1. The number of aliphatic hydroxyl groups excluding tert-OH is 1. The third kappa shape index (κ3) is 7.47. The molecule has 0 saturated carbocycles. The number of ether oxygens (including phenoxy) is 1. The SMILES string of the molecule is CC(C)COCc1ccccc1.O=C(c1ccccc1)C(O)c1ccccc1. The Morgan fingerprint density at radius 3 is 1.86 bits per heavy atom. The molecule has 0 spiro atoms. The number of carbonyl (C=O) groups is 1. The summed E-state index contributed by atoms with van der Waals surface area (Å²) in [6.45, 7) is 5.89. The lowest BCUT2D eigenvalue weighted by Crippen LogP contribution is -2.11. The van der Waals surface area contributed by atoms with Crippen LogP contribution in [-0.2, 0) is 11.3 Å². The normalized spacial score (nSPS) is 11.4. The Morgan fingerprint density at radius 1 is 0.821 bits per heavy atom. The van der Waals surface area contributed by atoms with Crippen molar-refractivity contribution >= 4 is 5.78 Å². The third-order valence-electron chi connectivity index (χ3n) is 3.98. The van der Waals surface area contributed by atoms with E-state index in [1.165, 1.54) is 5.56 Å². The number of ketones is 1. The second-order valence-electron chi connectivity index (χ2n) is 6.94. The molecule has 3 rings (SSSR count). The van der Waals surface area contributed by atoms with Crippen LogP contribution in [0.4, 0.5) is 0 Å². The lowest BCUT2D eigenvalue weighted by molar-refractivity contribution is 0.0747. The van der Waals surface area contributed by atoms with E-state index in [4.69, 9.17) is 4.74 Å². The van der Waals surface area contributed by atoms with Crippen LogP contribution in [0.3, 0.4) is 0 Å². The van der Waals surface area contributed by atoms with Crippen LogP contribution in [0.25, 0.3) is 0 Å². The molecule has 3 aromatic rings. The van der Waals surface area contributed by atoms with E-state index >= 15 is 0 Å². The number of aliphatic hydroxyl groups is 1. The van der Waals surface area contributed by atoms with Crippen LogP contribution in [-0.4, -0.2) is 17.5 Å². The minimum absolute atomic E-state index is 0.271. The van der Waals surface area contributed by atoms with Gasteiger partial charge in [0.1, 0.15) is 6.10 Å². The van der Waals surface area contributed by atoms with Crippen LogP contribution in [0, 0.1) is 5.92 Å². The Bertz CT molecular complexity index is 799. The van der Waals surface area contributed by atoms with Gasteiger partial charge in [-0.3, -0.25) is 4.79 Å². The van der Waals surface area contributed by atoms with E-state index in [9.17, 15) is 9.90 Å². The molecule has 1 unspecified atom stereocenters. The second kappa shape index (κ2) is 11.9. The van der Waals surface area contributed by atoms with Gasteiger partial charge in [-0.15, -0.1) is 0 Å². The van der Waals surface area contributed by atoms with Crippen LogP contribution in [0.2, 0.25) is 0 Å². The number of hydrogen-bond acceptors (Lipinski definition) is 3. The summed E-state index contributed by atoms with van der Waals surface area (Å²) in [6, 6.07) is 28.0. The standard InChI is InChI=1S/C14H12O2.C11H16O/c15-13(11-7-3-1-4-8-11)14(16)12-9-5-2-6-10-12;1-10(2)8-12-9-11-6-4-3-5-7-11/h1-10,13,15H;3-7,10H,8-9H2,1-2H3. The number of hydrogen-bond donors (Lipinski definition) is 1. The zero-order valence-corrected chi connectivity index (χ0v) is 16.5. The first-order valence-electron chi connectivity index (χ1n) is 9.52. The van der Waals surface area contributed by atoms with Crippen LogP contribution in [0.5, 0.6) is 0 Å². The predicted octanol–water partition coefficient (Wildman–Crippen LogP) is 5.46. The average molecular weight is 376 g/mol. The van der Waals surface area contributed by atoms with Crippen molar-refractivity contribution < 1.29 is 14.6 Å². The summed E-state index contributed by atoms with van der Waals surface area (Å²) in [4.78, 5) is 11.9. The molecule has 0 bridgehead atoms. The lowest BCUT2D eigenvalue weighted by Gasteiger charge is -2.09. The Hall–Kier alpha value is -2.75. The molecule has 1 atom stereocenters. The van der Waals surface area contributed by atoms with Crippen LogP contribution in [0.1, 0.15) is 41.4 Å². The molecule has 146 valence electrons. The average Bonchev–Trinajstić information content (AvgIpc) is 2.75. The Morgan fingerprint density at radius 2 is 1.32 bits per heavy atom. The number of benzene rings is 3. The van der Waals surface area contributed by atoms with Gasteiger partial charge in [-0.05, 0) is 17.0 Å². The van der Waals surface area contributed by atoms with Crippen LogP contribution < -0.4 is 0 Å². The minimum atomic E-state index is -1.08. The minimum Gasteiger partial charge on any atom is -0.380 e. The first-order valence-corrected chi connectivity index (χ1v) is 9.52. The van der Waals surface area contributed by atoms with Gasteiger partial charge in [0.15, 0.2) is 5.78 Å². The summed E-state index contributed by atoms with van der Waals surface area (Å²) in [5.74, 6) is 0.348. The maximum absolute atomic E-state index is 11.9. The van der Waals surface area contributed by atoms with Crippen LogP contribution in [0.15, 0.2) is 91.0 Å². The highest BCUT2D eigenvalue weighted by molar-refractivity contribution is 5.99. The fourth-order valence-electron chi connectivity index (χ4n) is 2.53. The quantitative estimate of drug-likeness (QED) is 0.557. The van der Waals surface area contributed by atoms with Gasteiger partial charge in [0, 0.05) is 12.2 Å². The van der Waals surface area contributed by atoms with Crippen molar-refractivity contribution in [3.05, 3.63) is 108 Å². The van der Waals surface area contributed by atoms with Crippen molar-refractivity contribution in [3.63, 3.8) is 0 Å². The van der Waals surface area contributed by atoms with Gasteiger partial charge < -0.3 is 9.84 Å². The predicted molar refractivity (Wildman–Crippen MR) is 113 cm³/mol. The molecule has 0 amide bonds. The van der Waals surface area contributed by atoms with Gasteiger partial charge in [0.05, 0.1) is 6.61 Å². The van der Waals surface area contributed by atoms with Crippen molar-refractivity contribution in [2.45, 2.75) is 26.6 Å². The molecule has 0 radical (unpaired) electrons. The zero-order valence-electron chi connectivity index (χ0n) is 16.5. The molecule has 0 aliphatic carbocycles. The zero-order chi connectivity index (χ0) is 20.2. The highest BCUT2D eigenvalue weighted by atomic mass is 16.5. The first kappa shape index (κ1) is 21.5. The lowest BCUT2D eigenvalue weighted by atomic mass is 10.0. The summed E-state index contributed by atoms with van der Waals surface area (Å²) in [7, 11) is 0. The molecule has 0 aliphatic rings. The first-order chi connectivity index (χ1) is 13.6. The topological polar surface area (TPSA) is 46.5 Å². The number of carbonyl (C=O) groups excluding carboxylic acids is 1. The van der Waals surface area contributed by atoms with Crippen molar-refractivity contribution in [2.75, 3.05) is 6.61 Å². The summed E-state index contributed by atoms with van der Waals surface area (Å²) < 4.78 is 5.48. The van der Waals surface area contributed by atoms with Gasteiger partial charge in [0.25, 0.3) is 0 Å². The Labute approximate surface area is 167 Å². The van der Waals surface area contributed by atoms with Crippen LogP contribution >= 0.6 is 0 Å². The second-order valence-corrected chi connectivity index (χ2v) is 6.94. The van der Waals surface area contributed by atoms with Gasteiger partial charge >= 0.3 is 0 Å². The summed E-state index contributed by atoms with van der Waals surface area (Å²) in [5, 5.41) is 9.89. The molecule has 1 N–H and O–H groups in total. The Balaban J connectivity index is 0.000000209. The summed E-state index contributed by atoms with van der Waals surface area (Å²) in [6.07, 6.45) is -1.08. The van der Waals surface area contributed by atoms with Crippen molar-refractivity contribution in [1.29, 1.82) is 0 Å². The van der Waals surface area contributed by atoms with E-state index in [0.717, 1.165) is 13.2 Å². The summed E-state index contributed by atoms with van der Waals surface area (Å²) in [5.41, 5.74) is 2.40. The fourth-order valence-corrected chi connectivity index (χ4v) is 2.53. The van der Waals surface area contributed by atoms with Crippen molar-refractivity contribution in [3.8, 4) is 0 Å². The van der Waals surface area contributed by atoms with E-state index in [1.807, 2.05) is 30.3 Å². The third-order valence-corrected chi connectivity index (χ3v) is 3.98.